The number of aliphatic carboxylic acids is 1. The normalized spacial score (nSPS) is 19.6. The zero-order chi connectivity index (χ0) is 16.3. The van der Waals surface area contributed by atoms with Crippen molar-refractivity contribution in [2.75, 3.05) is 13.1 Å². The highest BCUT2D eigenvalue weighted by molar-refractivity contribution is 9.10. The minimum absolute atomic E-state index is 0.201. The summed E-state index contributed by atoms with van der Waals surface area (Å²) in [4.78, 5) is 24.9. The number of piperidine rings is 1. The van der Waals surface area contributed by atoms with Gasteiger partial charge in [0.15, 0.2) is 6.10 Å². The van der Waals surface area contributed by atoms with Crippen molar-refractivity contribution in [1.82, 2.24) is 4.90 Å². The lowest BCUT2D eigenvalue weighted by molar-refractivity contribution is -0.147. The third-order valence-electron chi connectivity index (χ3n) is 3.63. The Hall–Kier alpha value is -1.63. The van der Waals surface area contributed by atoms with E-state index in [1.54, 1.807) is 6.92 Å². The van der Waals surface area contributed by atoms with Gasteiger partial charge in [-0.3, -0.25) is 9.59 Å². The third-order valence-corrected chi connectivity index (χ3v) is 4.25. The molecule has 0 aliphatic carbocycles. The lowest BCUT2D eigenvalue weighted by Gasteiger charge is -2.32. The van der Waals surface area contributed by atoms with Gasteiger partial charge in [-0.1, -0.05) is 0 Å². The third kappa shape index (κ3) is 3.97. The summed E-state index contributed by atoms with van der Waals surface area (Å²) in [6.45, 7) is 2.33. The van der Waals surface area contributed by atoms with E-state index in [9.17, 15) is 14.0 Å². The predicted molar refractivity (Wildman–Crippen MR) is 81.1 cm³/mol. The topological polar surface area (TPSA) is 66.8 Å². The second kappa shape index (κ2) is 7.09. The van der Waals surface area contributed by atoms with Crippen molar-refractivity contribution in [3.63, 3.8) is 0 Å². The molecular formula is C15H17BrFNO4. The minimum atomic E-state index is -0.882. The van der Waals surface area contributed by atoms with Crippen molar-refractivity contribution in [3.8, 4) is 5.75 Å². The number of hydrogen-bond donors (Lipinski definition) is 1. The van der Waals surface area contributed by atoms with Gasteiger partial charge in [0.05, 0.1) is 10.4 Å². The van der Waals surface area contributed by atoms with Crippen LogP contribution in [0.4, 0.5) is 4.39 Å². The number of likely N-dealkylation sites (tertiary alicyclic amines) is 1. The fourth-order valence-electron chi connectivity index (χ4n) is 2.45. The number of carboxylic acid groups (broad SMARTS) is 1. The average Bonchev–Trinajstić information content (AvgIpc) is 2.49. The molecule has 0 bridgehead atoms. The maximum absolute atomic E-state index is 13.0. The average molecular weight is 374 g/mol. The highest BCUT2D eigenvalue weighted by atomic mass is 79.9. The summed E-state index contributed by atoms with van der Waals surface area (Å²) in [6.07, 6.45) is 0.474. The summed E-state index contributed by atoms with van der Waals surface area (Å²) in [6, 6.07) is 3.95. The quantitative estimate of drug-likeness (QED) is 0.880. The van der Waals surface area contributed by atoms with Gasteiger partial charge < -0.3 is 14.7 Å². The van der Waals surface area contributed by atoms with Crippen LogP contribution in [0.1, 0.15) is 19.8 Å². The van der Waals surface area contributed by atoms with E-state index in [4.69, 9.17) is 9.84 Å². The van der Waals surface area contributed by atoms with Crippen LogP contribution in [-0.2, 0) is 9.59 Å². The van der Waals surface area contributed by atoms with E-state index in [-0.39, 0.29) is 12.5 Å². The van der Waals surface area contributed by atoms with E-state index >= 15 is 0 Å². The number of amides is 1. The van der Waals surface area contributed by atoms with Crippen LogP contribution in [0, 0.1) is 11.7 Å². The number of rotatable bonds is 4. The van der Waals surface area contributed by atoms with Gasteiger partial charge in [0.1, 0.15) is 11.6 Å². The lowest BCUT2D eigenvalue weighted by Crippen LogP contribution is -2.47. The first kappa shape index (κ1) is 16.7. The summed E-state index contributed by atoms with van der Waals surface area (Å²) in [5.41, 5.74) is 0. The van der Waals surface area contributed by atoms with Crippen molar-refractivity contribution < 1.29 is 23.8 Å². The fraction of sp³-hybridized carbons (Fsp3) is 0.467. The number of carbonyl (C=O) groups excluding carboxylic acids is 1. The number of carboxylic acids is 1. The number of benzene rings is 1. The molecule has 7 heteroatoms. The van der Waals surface area contributed by atoms with Gasteiger partial charge in [-0.15, -0.1) is 0 Å². The van der Waals surface area contributed by atoms with Gasteiger partial charge in [-0.25, -0.2) is 4.39 Å². The van der Waals surface area contributed by atoms with Gasteiger partial charge in [-0.2, -0.15) is 0 Å². The van der Waals surface area contributed by atoms with Gasteiger partial charge in [0.2, 0.25) is 0 Å². The number of carbonyl (C=O) groups is 2. The second-order valence-corrected chi connectivity index (χ2v) is 6.15. The highest BCUT2D eigenvalue weighted by Crippen LogP contribution is 2.27. The maximum atomic E-state index is 13.0. The smallest absolute Gasteiger partial charge is 0.308 e. The van der Waals surface area contributed by atoms with Crippen LogP contribution in [0.15, 0.2) is 22.7 Å². The molecule has 1 aromatic carbocycles. The molecular weight excluding hydrogens is 357 g/mol. The zero-order valence-electron chi connectivity index (χ0n) is 12.1. The van der Waals surface area contributed by atoms with Gasteiger partial charge in [0.25, 0.3) is 5.91 Å². The molecule has 0 unspecified atom stereocenters. The fourth-order valence-corrected chi connectivity index (χ4v) is 2.89. The molecule has 0 radical (unpaired) electrons. The first-order valence-corrected chi connectivity index (χ1v) is 7.81. The molecule has 1 saturated heterocycles. The first-order valence-electron chi connectivity index (χ1n) is 7.01. The van der Waals surface area contributed by atoms with Crippen LogP contribution in [0.25, 0.3) is 0 Å². The molecule has 5 nitrogen and oxygen atoms in total. The van der Waals surface area contributed by atoms with Crippen LogP contribution in [0.3, 0.4) is 0 Å². The molecule has 0 aromatic heterocycles. The predicted octanol–water partition coefficient (Wildman–Crippen LogP) is 2.68. The van der Waals surface area contributed by atoms with Crippen molar-refractivity contribution in [3.05, 3.63) is 28.5 Å². The van der Waals surface area contributed by atoms with Crippen LogP contribution < -0.4 is 4.74 Å². The highest BCUT2D eigenvalue weighted by Gasteiger charge is 2.31. The molecule has 1 aliphatic heterocycles. The molecule has 2 rings (SSSR count). The lowest BCUT2D eigenvalue weighted by atomic mass is 9.98. The van der Waals surface area contributed by atoms with E-state index in [1.807, 2.05) is 0 Å². The maximum Gasteiger partial charge on any atom is 0.308 e. The number of ether oxygens (including phenoxy) is 1. The van der Waals surface area contributed by atoms with Crippen molar-refractivity contribution in [2.24, 2.45) is 5.92 Å². The molecule has 120 valence electrons. The van der Waals surface area contributed by atoms with E-state index in [1.165, 1.54) is 23.1 Å². The van der Waals surface area contributed by atoms with E-state index in [0.717, 1.165) is 0 Å². The van der Waals surface area contributed by atoms with E-state index < -0.39 is 23.8 Å². The molecule has 2 atom stereocenters. The first-order chi connectivity index (χ1) is 10.4. The molecule has 1 aliphatic rings. The summed E-state index contributed by atoms with van der Waals surface area (Å²) in [5.74, 6) is -1.70. The summed E-state index contributed by atoms with van der Waals surface area (Å²) < 4.78 is 19.0. The monoisotopic (exact) mass is 373 g/mol. The number of halogens is 2. The molecule has 1 aromatic rings. The molecule has 22 heavy (non-hydrogen) atoms. The van der Waals surface area contributed by atoms with Crippen LogP contribution >= 0.6 is 15.9 Å². The van der Waals surface area contributed by atoms with E-state index in [0.29, 0.717) is 29.6 Å². The Morgan fingerprint density at radius 2 is 2.23 bits per heavy atom. The minimum Gasteiger partial charge on any atom is -0.481 e. The Morgan fingerprint density at radius 1 is 1.50 bits per heavy atom. The van der Waals surface area contributed by atoms with Crippen molar-refractivity contribution >= 4 is 27.8 Å². The number of hydrogen-bond acceptors (Lipinski definition) is 3. The Bertz CT molecular complexity index is 581. The second-order valence-electron chi connectivity index (χ2n) is 5.30. The van der Waals surface area contributed by atoms with Crippen LogP contribution in [0.5, 0.6) is 5.75 Å². The van der Waals surface area contributed by atoms with E-state index in [2.05, 4.69) is 15.9 Å². The molecule has 1 N–H and O–H groups in total. The summed E-state index contributed by atoms with van der Waals surface area (Å²) >= 11 is 3.18. The largest absolute Gasteiger partial charge is 0.481 e. The van der Waals surface area contributed by atoms with Crippen LogP contribution in [-0.4, -0.2) is 41.1 Å². The van der Waals surface area contributed by atoms with Gasteiger partial charge in [-0.05, 0) is 53.9 Å². The summed E-state index contributed by atoms with van der Waals surface area (Å²) in [7, 11) is 0. The van der Waals surface area contributed by atoms with Gasteiger partial charge in [0, 0.05) is 13.1 Å². The van der Waals surface area contributed by atoms with Crippen molar-refractivity contribution in [2.45, 2.75) is 25.9 Å². The molecule has 0 spiro atoms. The summed E-state index contributed by atoms with van der Waals surface area (Å²) in [5, 5.41) is 9.06. The Balaban J connectivity index is 2.01. The Morgan fingerprint density at radius 3 is 2.86 bits per heavy atom. The molecule has 0 saturated carbocycles. The Kier molecular flexibility index (Phi) is 5.39. The van der Waals surface area contributed by atoms with Crippen molar-refractivity contribution in [1.29, 1.82) is 0 Å². The number of nitrogens with zero attached hydrogens (tertiary/aromatic N) is 1. The molecule has 1 amide bonds. The molecule has 1 heterocycles. The zero-order valence-corrected chi connectivity index (χ0v) is 13.7. The molecule has 1 fully saturated rings. The van der Waals surface area contributed by atoms with Gasteiger partial charge >= 0.3 is 5.97 Å². The standard InChI is InChI=1S/C15H17BrFNO4/c1-9(22-13-5-4-11(17)7-12(13)16)14(19)18-6-2-3-10(8-18)15(20)21/h4-5,7,9-10H,2-3,6,8H2,1H3,(H,20,21)/t9-,10+/m0/s1. The van der Waals surface area contributed by atoms with Crippen LogP contribution in [0.2, 0.25) is 0 Å². The Labute approximate surface area is 136 Å². The SMILES string of the molecule is C[C@H](Oc1ccc(F)cc1Br)C(=O)N1CCC[C@@H](C(=O)O)C1.